The molecular weight excluding hydrogens is 306 g/mol. The molecule has 0 atom stereocenters. The quantitative estimate of drug-likeness (QED) is 0.788. The Balaban J connectivity index is 3.18. The van der Waals surface area contributed by atoms with Crippen LogP contribution >= 0.6 is 15.9 Å². The van der Waals surface area contributed by atoms with E-state index in [4.69, 9.17) is 10.5 Å². The van der Waals surface area contributed by atoms with Gasteiger partial charge in [-0.05, 0) is 18.2 Å². The predicted octanol–water partition coefficient (Wildman–Crippen LogP) is 1.49. The lowest BCUT2D eigenvalue weighted by Gasteiger charge is -2.15. The molecule has 0 N–H and O–H groups in total. The maximum Gasteiger partial charge on any atom is 0.245 e. The zero-order valence-electron chi connectivity index (χ0n) is 8.67. The molecule has 0 fully saturated rings. The number of nitriles is 2. The summed E-state index contributed by atoms with van der Waals surface area (Å²) >= 11 is 3.17. The highest BCUT2D eigenvalue weighted by Crippen LogP contribution is 2.19. The van der Waals surface area contributed by atoms with Crippen molar-refractivity contribution in [3.05, 3.63) is 28.7 Å². The maximum absolute atomic E-state index is 12.1. The number of rotatable bonds is 4. The van der Waals surface area contributed by atoms with Crippen LogP contribution in [-0.2, 0) is 10.0 Å². The second-order valence-corrected chi connectivity index (χ2v) is 5.90. The highest BCUT2D eigenvalue weighted by Gasteiger charge is 2.23. The van der Waals surface area contributed by atoms with Crippen LogP contribution in [0.2, 0.25) is 0 Å². The standard InChI is InChI=1S/C10H8BrN3O2S/c11-9-2-1-3-10(8-9)17(15,16)14(6-4-12)7-5-13/h1-3,8H,6-7H2. The molecule has 17 heavy (non-hydrogen) atoms. The van der Waals surface area contributed by atoms with Crippen LogP contribution in [0, 0.1) is 22.7 Å². The lowest BCUT2D eigenvalue weighted by atomic mass is 10.4. The molecule has 1 rings (SSSR count). The van der Waals surface area contributed by atoms with Gasteiger partial charge in [-0.15, -0.1) is 0 Å². The van der Waals surface area contributed by atoms with E-state index in [0.29, 0.717) is 4.47 Å². The molecule has 1 aromatic rings. The first-order chi connectivity index (χ1) is 8.02. The molecule has 0 aliphatic heterocycles. The van der Waals surface area contributed by atoms with E-state index in [2.05, 4.69) is 15.9 Å². The van der Waals surface area contributed by atoms with Crippen molar-refractivity contribution in [1.82, 2.24) is 4.31 Å². The third-order valence-corrected chi connectivity index (χ3v) is 4.21. The number of sulfonamides is 1. The van der Waals surface area contributed by atoms with Crippen molar-refractivity contribution in [2.45, 2.75) is 4.90 Å². The molecule has 0 aliphatic rings. The molecule has 7 heteroatoms. The van der Waals surface area contributed by atoms with Crippen molar-refractivity contribution in [2.24, 2.45) is 0 Å². The first-order valence-corrected chi connectivity index (χ1v) is 6.75. The zero-order valence-corrected chi connectivity index (χ0v) is 11.1. The number of nitrogens with zero attached hydrogens (tertiary/aromatic N) is 3. The molecule has 0 heterocycles. The minimum absolute atomic E-state index is 0.0531. The highest BCUT2D eigenvalue weighted by atomic mass is 79.9. The van der Waals surface area contributed by atoms with Gasteiger partial charge in [-0.25, -0.2) is 8.42 Å². The lowest BCUT2D eigenvalue weighted by Crippen LogP contribution is -2.31. The molecule has 0 bridgehead atoms. The fraction of sp³-hybridized carbons (Fsp3) is 0.200. The second-order valence-electron chi connectivity index (χ2n) is 3.05. The summed E-state index contributed by atoms with van der Waals surface area (Å²) in [6, 6.07) is 9.57. The summed E-state index contributed by atoms with van der Waals surface area (Å²) in [7, 11) is -3.79. The minimum Gasteiger partial charge on any atom is -0.207 e. The average molecular weight is 314 g/mol. The third kappa shape index (κ3) is 3.27. The average Bonchev–Trinajstić information content (AvgIpc) is 2.29. The summed E-state index contributed by atoms with van der Waals surface area (Å²) in [4.78, 5) is 0.0531. The number of hydrogen-bond donors (Lipinski definition) is 0. The maximum atomic E-state index is 12.1. The fourth-order valence-corrected chi connectivity index (χ4v) is 2.99. The molecule has 88 valence electrons. The first-order valence-electron chi connectivity index (χ1n) is 4.52. The van der Waals surface area contributed by atoms with Gasteiger partial charge in [0.25, 0.3) is 0 Å². The Morgan fingerprint density at radius 2 is 1.82 bits per heavy atom. The van der Waals surface area contributed by atoms with Gasteiger partial charge < -0.3 is 0 Å². The molecule has 0 radical (unpaired) electrons. The highest BCUT2D eigenvalue weighted by molar-refractivity contribution is 9.10. The normalized spacial score (nSPS) is 10.8. The van der Waals surface area contributed by atoms with Crippen molar-refractivity contribution in [3.8, 4) is 12.1 Å². The van der Waals surface area contributed by atoms with E-state index >= 15 is 0 Å². The van der Waals surface area contributed by atoms with Crippen molar-refractivity contribution in [3.63, 3.8) is 0 Å². The molecule has 0 amide bonds. The molecule has 0 spiro atoms. The summed E-state index contributed by atoms with van der Waals surface area (Å²) in [6.07, 6.45) is 0. The van der Waals surface area contributed by atoms with Crippen LogP contribution in [0.15, 0.2) is 33.6 Å². The van der Waals surface area contributed by atoms with Crippen LogP contribution in [0.25, 0.3) is 0 Å². The van der Waals surface area contributed by atoms with Crippen LogP contribution in [0.3, 0.4) is 0 Å². The Morgan fingerprint density at radius 1 is 1.24 bits per heavy atom. The van der Waals surface area contributed by atoms with Gasteiger partial charge in [0.2, 0.25) is 10.0 Å². The second kappa shape index (κ2) is 5.78. The molecule has 0 aliphatic carbocycles. The first kappa shape index (κ1) is 13.7. The van der Waals surface area contributed by atoms with Crippen LogP contribution in [0.4, 0.5) is 0 Å². The molecular formula is C10H8BrN3O2S. The number of benzene rings is 1. The van der Waals surface area contributed by atoms with E-state index in [-0.39, 0.29) is 18.0 Å². The summed E-state index contributed by atoms with van der Waals surface area (Å²) in [6.45, 7) is -0.690. The van der Waals surface area contributed by atoms with E-state index < -0.39 is 10.0 Å². The van der Waals surface area contributed by atoms with Crippen molar-refractivity contribution >= 4 is 26.0 Å². The van der Waals surface area contributed by atoms with Crippen molar-refractivity contribution in [2.75, 3.05) is 13.1 Å². The summed E-state index contributed by atoms with van der Waals surface area (Å²) < 4.78 is 25.6. The Labute approximate surface area is 108 Å². The molecule has 0 saturated heterocycles. The van der Waals surface area contributed by atoms with Gasteiger partial charge in [-0.3, -0.25) is 0 Å². The van der Waals surface area contributed by atoms with E-state index in [1.54, 1.807) is 24.3 Å². The van der Waals surface area contributed by atoms with Crippen LogP contribution < -0.4 is 0 Å². The predicted molar refractivity (Wildman–Crippen MR) is 64.1 cm³/mol. The molecule has 5 nitrogen and oxygen atoms in total. The topological polar surface area (TPSA) is 85.0 Å². The number of hydrogen-bond acceptors (Lipinski definition) is 4. The summed E-state index contributed by atoms with van der Waals surface area (Å²) in [5.74, 6) is 0. The molecule has 0 saturated carbocycles. The van der Waals surface area contributed by atoms with Gasteiger partial charge in [0, 0.05) is 4.47 Å². The Bertz CT molecular complexity index is 570. The Kier molecular flexibility index (Phi) is 4.64. The van der Waals surface area contributed by atoms with Crippen molar-refractivity contribution in [1.29, 1.82) is 10.5 Å². The van der Waals surface area contributed by atoms with Gasteiger partial charge in [0.05, 0.1) is 17.0 Å². The van der Waals surface area contributed by atoms with E-state index in [0.717, 1.165) is 4.31 Å². The van der Waals surface area contributed by atoms with Gasteiger partial charge in [0.1, 0.15) is 13.1 Å². The van der Waals surface area contributed by atoms with E-state index in [1.807, 2.05) is 0 Å². The molecule has 0 aromatic heterocycles. The monoisotopic (exact) mass is 313 g/mol. The van der Waals surface area contributed by atoms with Gasteiger partial charge >= 0.3 is 0 Å². The zero-order chi connectivity index (χ0) is 12.9. The fourth-order valence-electron chi connectivity index (χ4n) is 1.16. The van der Waals surface area contributed by atoms with E-state index in [1.165, 1.54) is 12.1 Å². The van der Waals surface area contributed by atoms with Gasteiger partial charge in [0.15, 0.2) is 0 Å². The Morgan fingerprint density at radius 3 is 2.29 bits per heavy atom. The van der Waals surface area contributed by atoms with E-state index in [9.17, 15) is 8.42 Å². The SMILES string of the molecule is N#CCN(CC#N)S(=O)(=O)c1cccc(Br)c1. The number of halogens is 1. The lowest BCUT2D eigenvalue weighted by molar-refractivity contribution is 0.479. The summed E-state index contributed by atoms with van der Waals surface area (Å²) in [5.41, 5.74) is 0. The smallest absolute Gasteiger partial charge is 0.207 e. The van der Waals surface area contributed by atoms with Crippen molar-refractivity contribution < 1.29 is 8.42 Å². The molecule has 1 aromatic carbocycles. The van der Waals surface area contributed by atoms with Gasteiger partial charge in [-0.1, -0.05) is 22.0 Å². The molecule has 0 unspecified atom stereocenters. The Hall–Kier alpha value is -1.41. The van der Waals surface area contributed by atoms with Crippen LogP contribution in [0.1, 0.15) is 0 Å². The van der Waals surface area contributed by atoms with Crippen LogP contribution in [0.5, 0.6) is 0 Å². The van der Waals surface area contributed by atoms with Gasteiger partial charge in [-0.2, -0.15) is 14.8 Å². The summed E-state index contributed by atoms with van der Waals surface area (Å²) in [5, 5.41) is 17.1. The largest absolute Gasteiger partial charge is 0.245 e. The third-order valence-electron chi connectivity index (χ3n) is 1.93. The minimum atomic E-state index is -3.79. The van der Waals surface area contributed by atoms with Crippen LogP contribution in [-0.4, -0.2) is 25.8 Å².